The maximum atomic E-state index is 12.8. The van der Waals surface area contributed by atoms with E-state index in [0.29, 0.717) is 11.8 Å². The molecule has 6 heteroatoms. The molecule has 1 N–H and O–H groups in total. The average Bonchev–Trinajstić information content (AvgIpc) is 2.40. The van der Waals surface area contributed by atoms with Gasteiger partial charge in [-0.1, -0.05) is 30.3 Å². The van der Waals surface area contributed by atoms with Crippen LogP contribution in [0.3, 0.4) is 0 Å². The van der Waals surface area contributed by atoms with E-state index in [0.717, 1.165) is 0 Å². The van der Waals surface area contributed by atoms with Gasteiger partial charge in [-0.2, -0.15) is 0 Å². The Morgan fingerprint density at radius 1 is 1.21 bits per heavy atom. The minimum atomic E-state index is -3.86. The normalized spacial score (nSPS) is 14.9. The van der Waals surface area contributed by atoms with Gasteiger partial charge in [-0.15, -0.1) is 0 Å². The molecule has 1 aromatic carbocycles. The zero-order chi connectivity index (χ0) is 14.4. The summed E-state index contributed by atoms with van der Waals surface area (Å²) in [5.74, 6) is 0. The number of hydrogen-bond donors (Lipinski definition) is 1. The summed E-state index contributed by atoms with van der Waals surface area (Å²) in [4.78, 5) is 10.9. The topological polar surface area (TPSA) is 72.8 Å². The van der Waals surface area contributed by atoms with Crippen molar-refractivity contribution in [2.24, 2.45) is 0 Å². The molecule has 0 heterocycles. The monoisotopic (exact) mass is 286 g/mol. The largest absolute Gasteiger partial charge is 0.373 e. The van der Waals surface area contributed by atoms with Gasteiger partial charge >= 0.3 is 7.60 Å². The quantitative estimate of drug-likeness (QED) is 0.587. The second-order valence-electron chi connectivity index (χ2n) is 3.89. The summed E-state index contributed by atoms with van der Waals surface area (Å²) in [6.45, 7) is 3.53. The molecule has 1 unspecified atom stereocenters. The van der Waals surface area contributed by atoms with E-state index in [9.17, 15) is 14.5 Å². The molecule has 0 bridgehead atoms. The van der Waals surface area contributed by atoms with E-state index in [1.54, 1.807) is 44.2 Å². The van der Waals surface area contributed by atoms with Crippen molar-refractivity contribution in [3.8, 4) is 0 Å². The average molecular weight is 286 g/mol. The number of aldehydes is 1. The lowest BCUT2D eigenvalue weighted by Gasteiger charge is -2.33. The van der Waals surface area contributed by atoms with Crippen LogP contribution in [0.5, 0.6) is 0 Å². The fourth-order valence-electron chi connectivity index (χ4n) is 1.80. The van der Waals surface area contributed by atoms with E-state index in [4.69, 9.17) is 9.05 Å². The first-order valence-corrected chi connectivity index (χ1v) is 7.69. The van der Waals surface area contributed by atoms with E-state index < -0.39 is 12.9 Å². The molecule has 0 saturated carbocycles. The van der Waals surface area contributed by atoms with E-state index in [1.807, 2.05) is 0 Å². The molecule has 0 spiro atoms. The summed E-state index contributed by atoms with van der Waals surface area (Å²) in [7, 11) is -3.86. The number of carbonyl (C=O) groups is 1. The first-order chi connectivity index (χ1) is 9.04. The maximum Gasteiger partial charge on any atom is 0.366 e. The van der Waals surface area contributed by atoms with Gasteiger partial charge in [0.1, 0.15) is 6.29 Å². The molecule has 106 valence electrons. The van der Waals surface area contributed by atoms with Crippen molar-refractivity contribution in [1.29, 1.82) is 0 Å². The highest BCUT2D eigenvalue weighted by Crippen LogP contribution is 2.64. The fraction of sp³-hybridized carbons (Fsp3) is 0.462. The highest BCUT2D eigenvalue weighted by Gasteiger charge is 2.50. The van der Waals surface area contributed by atoms with Gasteiger partial charge in [0, 0.05) is 6.42 Å². The van der Waals surface area contributed by atoms with Gasteiger partial charge in [-0.25, -0.2) is 0 Å². The van der Waals surface area contributed by atoms with Crippen LogP contribution in [0.4, 0.5) is 0 Å². The van der Waals surface area contributed by atoms with Crippen LogP contribution < -0.4 is 0 Å². The smallest absolute Gasteiger partial charge is 0.366 e. The molecule has 0 saturated heterocycles. The molecule has 0 aliphatic rings. The summed E-state index contributed by atoms with van der Waals surface area (Å²) in [5, 5.41) is 8.76. The predicted molar refractivity (Wildman–Crippen MR) is 71.9 cm³/mol. The maximum absolute atomic E-state index is 12.8. The molecule has 0 aromatic heterocycles. The van der Waals surface area contributed by atoms with Gasteiger partial charge < -0.3 is 18.9 Å². The Labute approximate surface area is 113 Å². The highest BCUT2D eigenvalue weighted by atomic mass is 31.2. The fourth-order valence-corrected chi connectivity index (χ4v) is 3.74. The lowest BCUT2D eigenvalue weighted by molar-refractivity contribution is -0.111. The first-order valence-electron chi connectivity index (χ1n) is 6.14. The van der Waals surface area contributed by atoms with E-state index >= 15 is 0 Å². The Morgan fingerprint density at radius 2 is 1.74 bits per heavy atom. The zero-order valence-electron chi connectivity index (χ0n) is 11.1. The van der Waals surface area contributed by atoms with Gasteiger partial charge in [0.15, 0.2) is 5.34 Å². The minimum absolute atomic E-state index is 0.116. The Balaban J connectivity index is 3.30. The lowest BCUT2D eigenvalue weighted by atomic mass is 10.1. The number of aliphatic hydroxyl groups is 1. The van der Waals surface area contributed by atoms with Gasteiger partial charge in [0.2, 0.25) is 0 Å². The number of benzene rings is 1. The standard InChI is InChI=1S/C13H19O5P/c1-3-17-19(16,18-4-2)13(15,10-11-14)12-8-6-5-7-9-12/h5-9,11,15H,3-4,10H2,1-2H3. The minimum Gasteiger partial charge on any atom is -0.373 e. The van der Waals surface area contributed by atoms with Crippen LogP contribution in [0.15, 0.2) is 30.3 Å². The van der Waals surface area contributed by atoms with Gasteiger partial charge in [-0.05, 0) is 19.4 Å². The van der Waals surface area contributed by atoms with E-state index in [-0.39, 0.29) is 19.6 Å². The second-order valence-corrected chi connectivity index (χ2v) is 6.14. The molecule has 0 fully saturated rings. The van der Waals surface area contributed by atoms with Crippen LogP contribution in [-0.4, -0.2) is 24.6 Å². The summed E-state index contributed by atoms with van der Waals surface area (Å²) in [6, 6.07) is 8.32. The summed E-state index contributed by atoms with van der Waals surface area (Å²) < 4.78 is 23.1. The van der Waals surface area contributed by atoms with Crippen molar-refractivity contribution < 1.29 is 23.5 Å². The lowest BCUT2D eigenvalue weighted by Crippen LogP contribution is -2.29. The Kier molecular flexibility index (Phi) is 5.88. The highest BCUT2D eigenvalue weighted by molar-refractivity contribution is 7.55. The third kappa shape index (κ3) is 3.31. The van der Waals surface area contributed by atoms with Crippen LogP contribution in [-0.2, 0) is 23.7 Å². The summed E-state index contributed by atoms with van der Waals surface area (Å²) in [6.07, 6.45) is 0.159. The van der Waals surface area contributed by atoms with Gasteiger partial charge in [0.05, 0.1) is 13.2 Å². The molecule has 19 heavy (non-hydrogen) atoms. The van der Waals surface area contributed by atoms with Crippen LogP contribution in [0.1, 0.15) is 25.8 Å². The van der Waals surface area contributed by atoms with Crippen LogP contribution >= 0.6 is 7.60 Å². The third-order valence-electron chi connectivity index (χ3n) is 2.66. The predicted octanol–water partition coefficient (Wildman–Crippen LogP) is 2.69. The van der Waals surface area contributed by atoms with Crippen molar-refractivity contribution in [1.82, 2.24) is 0 Å². The van der Waals surface area contributed by atoms with E-state index in [1.165, 1.54) is 0 Å². The van der Waals surface area contributed by atoms with Crippen molar-refractivity contribution in [2.75, 3.05) is 13.2 Å². The zero-order valence-corrected chi connectivity index (χ0v) is 12.0. The summed E-state index contributed by atoms with van der Waals surface area (Å²) in [5.41, 5.74) is 0.340. The molecule has 5 nitrogen and oxygen atoms in total. The number of hydrogen-bond acceptors (Lipinski definition) is 5. The molecule has 0 aliphatic carbocycles. The first kappa shape index (κ1) is 16.1. The molecule has 0 amide bonds. The number of carbonyl (C=O) groups excluding carboxylic acids is 1. The second kappa shape index (κ2) is 6.96. The Hall–Kier alpha value is -1.00. The van der Waals surface area contributed by atoms with Crippen LogP contribution in [0.25, 0.3) is 0 Å². The molecule has 1 rings (SSSR count). The van der Waals surface area contributed by atoms with Gasteiger partial charge in [0.25, 0.3) is 0 Å². The molecule has 1 atom stereocenters. The Bertz CT molecular complexity index is 438. The molecular formula is C13H19O5P. The van der Waals surface area contributed by atoms with Crippen LogP contribution in [0.2, 0.25) is 0 Å². The van der Waals surface area contributed by atoms with Crippen molar-refractivity contribution >= 4 is 13.9 Å². The molecule has 0 aliphatic heterocycles. The third-order valence-corrected chi connectivity index (χ3v) is 5.20. The van der Waals surface area contributed by atoms with E-state index in [2.05, 4.69) is 0 Å². The van der Waals surface area contributed by atoms with Crippen molar-refractivity contribution in [3.63, 3.8) is 0 Å². The Morgan fingerprint density at radius 3 is 2.16 bits per heavy atom. The number of rotatable bonds is 8. The molecular weight excluding hydrogens is 267 g/mol. The molecule has 1 aromatic rings. The van der Waals surface area contributed by atoms with Crippen molar-refractivity contribution in [3.05, 3.63) is 35.9 Å². The van der Waals surface area contributed by atoms with Crippen LogP contribution in [0, 0.1) is 0 Å². The van der Waals surface area contributed by atoms with Gasteiger partial charge in [-0.3, -0.25) is 4.57 Å². The summed E-state index contributed by atoms with van der Waals surface area (Å²) >= 11 is 0. The SMILES string of the molecule is CCOP(=O)(OCC)C(O)(CC=O)c1ccccc1. The molecule has 0 radical (unpaired) electrons. The van der Waals surface area contributed by atoms with Crippen molar-refractivity contribution in [2.45, 2.75) is 25.6 Å².